The van der Waals surface area contributed by atoms with Crippen LogP contribution in [0.5, 0.6) is 5.88 Å². The SMILES string of the molecule is N=C(N)c1ccc(-c2ccc(OC[C@@H]3C[C@@H](CC(=O)O)C(=O)N3CCCc3ccc(Cl)cc3Cl)nn2)cc1. The van der Waals surface area contributed by atoms with Gasteiger partial charge in [0.15, 0.2) is 0 Å². The first-order chi connectivity index (χ1) is 18.2. The molecule has 4 N–H and O–H groups in total. The third-order valence-electron chi connectivity index (χ3n) is 6.47. The summed E-state index contributed by atoms with van der Waals surface area (Å²) in [6.07, 6.45) is 1.48. The van der Waals surface area contributed by atoms with Crippen LogP contribution >= 0.6 is 23.2 Å². The Balaban J connectivity index is 1.38. The van der Waals surface area contributed by atoms with E-state index in [0.717, 1.165) is 11.1 Å². The van der Waals surface area contributed by atoms with Crippen molar-refractivity contribution >= 4 is 40.9 Å². The van der Waals surface area contributed by atoms with Crippen LogP contribution in [0, 0.1) is 11.3 Å². The number of carbonyl (C=O) groups is 2. The van der Waals surface area contributed by atoms with E-state index in [4.69, 9.17) is 39.1 Å². The first kappa shape index (κ1) is 27.3. The molecule has 0 aliphatic carbocycles. The fourth-order valence-electron chi connectivity index (χ4n) is 4.52. The zero-order valence-corrected chi connectivity index (χ0v) is 22.0. The maximum absolute atomic E-state index is 13.0. The highest BCUT2D eigenvalue weighted by Crippen LogP contribution is 2.29. The van der Waals surface area contributed by atoms with Gasteiger partial charge in [0, 0.05) is 33.8 Å². The summed E-state index contributed by atoms with van der Waals surface area (Å²) in [4.78, 5) is 26.0. The number of nitrogens with one attached hydrogen (secondary N) is 1. The fraction of sp³-hybridized carbons (Fsp3) is 0.296. The number of aromatic nitrogens is 2. The van der Waals surface area contributed by atoms with Crippen LogP contribution in [0.15, 0.2) is 54.6 Å². The van der Waals surface area contributed by atoms with Crippen LogP contribution in [0.2, 0.25) is 10.0 Å². The molecule has 1 fully saturated rings. The van der Waals surface area contributed by atoms with Crippen molar-refractivity contribution < 1.29 is 19.4 Å². The average molecular weight is 556 g/mol. The number of hydrogen-bond donors (Lipinski definition) is 3. The van der Waals surface area contributed by atoms with Crippen LogP contribution in [0.4, 0.5) is 0 Å². The van der Waals surface area contributed by atoms with Crippen molar-refractivity contribution in [3.8, 4) is 17.1 Å². The lowest BCUT2D eigenvalue weighted by Crippen LogP contribution is -2.38. The zero-order chi connectivity index (χ0) is 27.2. The average Bonchev–Trinajstić information content (AvgIpc) is 3.18. The minimum absolute atomic E-state index is 0.00908. The molecule has 0 unspecified atom stereocenters. The summed E-state index contributed by atoms with van der Waals surface area (Å²) in [5.41, 5.74) is 8.50. The number of amides is 1. The predicted molar refractivity (Wildman–Crippen MR) is 145 cm³/mol. The Morgan fingerprint density at radius 1 is 1.13 bits per heavy atom. The van der Waals surface area contributed by atoms with Gasteiger partial charge in [0.2, 0.25) is 11.8 Å². The van der Waals surface area contributed by atoms with E-state index in [2.05, 4.69) is 10.2 Å². The molecule has 0 saturated carbocycles. The van der Waals surface area contributed by atoms with Gasteiger partial charge in [-0.1, -0.05) is 53.5 Å². The molecule has 1 aliphatic heterocycles. The van der Waals surface area contributed by atoms with Gasteiger partial charge in [0.25, 0.3) is 0 Å². The molecular formula is C27H27Cl2N5O4. The minimum Gasteiger partial charge on any atom is -0.481 e. The second-order valence-corrected chi connectivity index (χ2v) is 9.96. The molecule has 0 spiro atoms. The van der Waals surface area contributed by atoms with Crippen molar-refractivity contribution in [2.75, 3.05) is 13.2 Å². The number of carbonyl (C=O) groups excluding carboxylic acids is 1. The van der Waals surface area contributed by atoms with Crippen LogP contribution in [0.3, 0.4) is 0 Å². The van der Waals surface area contributed by atoms with Crippen LogP contribution in [-0.2, 0) is 16.0 Å². The molecule has 1 aliphatic rings. The van der Waals surface area contributed by atoms with Crippen LogP contribution in [0.1, 0.15) is 30.4 Å². The standard InChI is InChI=1S/C27H27Cl2N5O4/c28-20-8-7-16(22(29)14-20)2-1-11-34-21(12-19(27(34)37)13-25(35)36)15-38-24-10-9-23(32-33-24)17-3-5-18(6-4-17)26(30)31/h3-10,14,19,21H,1-2,11-13,15H2,(H3,30,31)(H,35,36)/t19-,21-/m0/s1. The van der Waals surface area contributed by atoms with E-state index in [0.29, 0.717) is 53.0 Å². The summed E-state index contributed by atoms with van der Waals surface area (Å²) in [6, 6.07) is 15.6. The Hall–Kier alpha value is -3.69. The highest BCUT2D eigenvalue weighted by Gasteiger charge is 2.40. The van der Waals surface area contributed by atoms with E-state index in [-0.39, 0.29) is 30.8 Å². The molecule has 11 heteroatoms. The Bertz CT molecular complexity index is 1320. The molecule has 1 amide bonds. The van der Waals surface area contributed by atoms with Crippen molar-refractivity contribution in [1.82, 2.24) is 15.1 Å². The first-order valence-corrected chi connectivity index (χ1v) is 12.8. The number of halogens is 2. The van der Waals surface area contributed by atoms with Gasteiger partial charge < -0.3 is 20.5 Å². The number of rotatable bonds is 11. The molecular weight excluding hydrogens is 529 g/mol. The topological polar surface area (TPSA) is 142 Å². The summed E-state index contributed by atoms with van der Waals surface area (Å²) < 4.78 is 5.86. The molecule has 198 valence electrons. The number of hydrogen-bond acceptors (Lipinski definition) is 6. The largest absolute Gasteiger partial charge is 0.481 e. The molecule has 1 aromatic heterocycles. The van der Waals surface area contributed by atoms with Crippen molar-refractivity contribution in [2.45, 2.75) is 31.7 Å². The second-order valence-electron chi connectivity index (χ2n) is 9.11. The maximum Gasteiger partial charge on any atom is 0.304 e. The number of nitrogens with zero attached hydrogens (tertiary/aromatic N) is 3. The Kier molecular flexibility index (Phi) is 8.81. The summed E-state index contributed by atoms with van der Waals surface area (Å²) in [5, 5.41) is 26.2. The summed E-state index contributed by atoms with van der Waals surface area (Å²) in [5.74, 6) is -1.48. The summed E-state index contributed by atoms with van der Waals surface area (Å²) in [6.45, 7) is 0.619. The van der Waals surface area contributed by atoms with Gasteiger partial charge in [-0.2, -0.15) is 0 Å². The Morgan fingerprint density at radius 3 is 2.53 bits per heavy atom. The van der Waals surface area contributed by atoms with E-state index < -0.39 is 11.9 Å². The van der Waals surface area contributed by atoms with E-state index >= 15 is 0 Å². The predicted octanol–water partition coefficient (Wildman–Crippen LogP) is 4.44. The molecule has 0 radical (unpaired) electrons. The highest BCUT2D eigenvalue weighted by molar-refractivity contribution is 6.35. The molecule has 38 heavy (non-hydrogen) atoms. The second kappa shape index (κ2) is 12.2. The Morgan fingerprint density at radius 2 is 1.89 bits per heavy atom. The molecule has 9 nitrogen and oxygen atoms in total. The number of likely N-dealkylation sites (tertiary alicyclic amines) is 1. The number of aryl methyl sites for hydroxylation is 1. The van der Waals surface area contributed by atoms with E-state index in [1.165, 1.54) is 0 Å². The molecule has 2 atom stereocenters. The van der Waals surface area contributed by atoms with Crippen molar-refractivity contribution in [3.63, 3.8) is 0 Å². The molecule has 3 aromatic rings. The number of carboxylic acids is 1. The monoisotopic (exact) mass is 555 g/mol. The van der Waals surface area contributed by atoms with Gasteiger partial charge in [0.05, 0.1) is 24.1 Å². The number of nitrogen functional groups attached to an aromatic ring is 1. The number of nitrogens with two attached hydrogens (primary N) is 1. The smallest absolute Gasteiger partial charge is 0.304 e. The van der Waals surface area contributed by atoms with Crippen LogP contribution < -0.4 is 10.5 Å². The minimum atomic E-state index is -1.00. The number of carboxylic acid groups (broad SMARTS) is 1. The van der Waals surface area contributed by atoms with Crippen molar-refractivity contribution in [3.05, 3.63) is 75.8 Å². The lowest BCUT2D eigenvalue weighted by atomic mass is 10.0. The lowest BCUT2D eigenvalue weighted by molar-refractivity contribution is -0.142. The zero-order valence-electron chi connectivity index (χ0n) is 20.4. The van der Waals surface area contributed by atoms with Gasteiger partial charge >= 0.3 is 5.97 Å². The van der Waals surface area contributed by atoms with Crippen LogP contribution in [-0.4, -0.2) is 57.1 Å². The number of ether oxygens (including phenoxy) is 1. The van der Waals surface area contributed by atoms with Crippen LogP contribution in [0.25, 0.3) is 11.3 Å². The molecule has 2 heterocycles. The fourth-order valence-corrected chi connectivity index (χ4v) is 5.02. The van der Waals surface area contributed by atoms with E-state index in [9.17, 15) is 14.7 Å². The molecule has 2 aromatic carbocycles. The molecule has 4 rings (SSSR count). The third-order valence-corrected chi connectivity index (χ3v) is 7.05. The normalized spacial score (nSPS) is 17.0. The van der Waals surface area contributed by atoms with E-state index in [1.807, 2.05) is 18.2 Å². The van der Waals surface area contributed by atoms with Crippen molar-refractivity contribution in [2.24, 2.45) is 11.7 Å². The maximum atomic E-state index is 13.0. The van der Waals surface area contributed by atoms with Gasteiger partial charge in [-0.05, 0) is 43.0 Å². The van der Waals surface area contributed by atoms with Gasteiger partial charge in [-0.15, -0.1) is 10.2 Å². The van der Waals surface area contributed by atoms with Gasteiger partial charge in [-0.3, -0.25) is 15.0 Å². The Labute approximate surface area is 230 Å². The first-order valence-electron chi connectivity index (χ1n) is 12.1. The lowest BCUT2D eigenvalue weighted by Gasteiger charge is -2.24. The molecule has 0 bridgehead atoms. The van der Waals surface area contributed by atoms with Gasteiger partial charge in [-0.25, -0.2) is 0 Å². The summed E-state index contributed by atoms with van der Waals surface area (Å²) in [7, 11) is 0. The number of aliphatic carboxylic acids is 1. The molecule has 1 saturated heterocycles. The number of amidine groups is 1. The number of benzene rings is 2. The van der Waals surface area contributed by atoms with E-state index in [1.54, 1.807) is 41.3 Å². The van der Waals surface area contributed by atoms with Crippen molar-refractivity contribution in [1.29, 1.82) is 5.41 Å². The third kappa shape index (κ3) is 6.79. The van der Waals surface area contributed by atoms with Gasteiger partial charge in [0.1, 0.15) is 12.4 Å². The highest BCUT2D eigenvalue weighted by atomic mass is 35.5. The quantitative estimate of drug-likeness (QED) is 0.234. The summed E-state index contributed by atoms with van der Waals surface area (Å²) >= 11 is 12.2.